The summed E-state index contributed by atoms with van der Waals surface area (Å²) in [5.41, 5.74) is 0.774. The summed E-state index contributed by atoms with van der Waals surface area (Å²) < 4.78 is 24.2. The molecule has 1 aromatic carbocycles. The van der Waals surface area contributed by atoms with Crippen LogP contribution in [0.4, 0.5) is 4.39 Å². The van der Waals surface area contributed by atoms with Crippen molar-refractivity contribution in [3.63, 3.8) is 0 Å². The smallest absolute Gasteiger partial charge is 0.165 e. The van der Waals surface area contributed by atoms with Crippen molar-refractivity contribution >= 4 is 0 Å². The molecule has 1 rings (SSSR count). The maximum Gasteiger partial charge on any atom is 0.165 e. The number of hydrogen-bond donors (Lipinski definition) is 1. The predicted octanol–water partition coefficient (Wildman–Crippen LogP) is 3.69. The Morgan fingerprint density at radius 3 is 2.50 bits per heavy atom. The van der Waals surface area contributed by atoms with Crippen molar-refractivity contribution in [1.29, 1.82) is 0 Å². The minimum atomic E-state index is -0.320. The summed E-state index contributed by atoms with van der Waals surface area (Å²) in [4.78, 5) is 0. The van der Waals surface area contributed by atoms with E-state index in [0.29, 0.717) is 0 Å². The summed E-state index contributed by atoms with van der Waals surface area (Å²) in [6.07, 6.45) is 1.79. The van der Waals surface area contributed by atoms with Crippen molar-refractivity contribution < 1.29 is 13.9 Å². The normalized spacial score (nSPS) is 13.3. The maximum absolute atomic E-state index is 13.8. The van der Waals surface area contributed by atoms with Gasteiger partial charge in [0.15, 0.2) is 11.6 Å². The Kier molecular flexibility index (Phi) is 6.43. The average Bonchev–Trinajstić information content (AvgIpc) is 2.43. The minimum Gasteiger partial charge on any atom is -0.494 e. The molecule has 3 nitrogen and oxygen atoms in total. The first-order valence-corrected chi connectivity index (χ1v) is 7.05. The van der Waals surface area contributed by atoms with Crippen molar-refractivity contribution in [3.05, 3.63) is 29.6 Å². The van der Waals surface area contributed by atoms with Crippen LogP contribution in [0.1, 0.15) is 45.2 Å². The third-order valence-corrected chi connectivity index (χ3v) is 3.62. The first kappa shape index (κ1) is 16.9. The quantitative estimate of drug-likeness (QED) is 0.789. The molecule has 0 aromatic heterocycles. The van der Waals surface area contributed by atoms with Gasteiger partial charge in [-0.3, -0.25) is 0 Å². The van der Waals surface area contributed by atoms with E-state index in [9.17, 15) is 4.39 Å². The lowest BCUT2D eigenvalue weighted by molar-refractivity contribution is 0.0117. The monoisotopic (exact) mass is 283 g/mol. The molecular weight excluding hydrogens is 257 g/mol. The third kappa shape index (κ3) is 4.76. The molecule has 0 bridgehead atoms. The van der Waals surface area contributed by atoms with Crippen molar-refractivity contribution in [1.82, 2.24) is 5.32 Å². The highest BCUT2D eigenvalue weighted by atomic mass is 19.1. The lowest BCUT2D eigenvalue weighted by Gasteiger charge is -2.26. The molecular formula is C16H26FNO2. The van der Waals surface area contributed by atoms with Crippen LogP contribution < -0.4 is 10.1 Å². The number of halogens is 1. The van der Waals surface area contributed by atoms with Gasteiger partial charge in [0.1, 0.15) is 0 Å². The van der Waals surface area contributed by atoms with Crippen molar-refractivity contribution in [2.24, 2.45) is 0 Å². The first-order valence-electron chi connectivity index (χ1n) is 7.05. The molecule has 0 aliphatic rings. The molecule has 0 aliphatic heterocycles. The zero-order chi connectivity index (χ0) is 15.2. The van der Waals surface area contributed by atoms with Crippen LogP contribution in [0.25, 0.3) is 0 Å². The van der Waals surface area contributed by atoms with Gasteiger partial charge >= 0.3 is 0 Å². The Balaban J connectivity index is 2.82. The van der Waals surface area contributed by atoms with E-state index in [1.807, 2.05) is 13.0 Å². The van der Waals surface area contributed by atoms with E-state index >= 15 is 0 Å². The molecule has 1 atom stereocenters. The van der Waals surface area contributed by atoms with Crippen LogP contribution in [0.15, 0.2) is 18.2 Å². The largest absolute Gasteiger partial charge is 0.494 e. The third-order valence-electron chi connectivity index (χ3n) is 3.62. The zero-order valence-corrected chi connectivity index (χ0v) is 13.1. The minimum absolute atomic E-state index is 0.120. The van der Waals surface area contributed by atoms with Gasteiger partial charge in [-0.25, -0.2) is 4.39 Å². The van der Waals surface area contributed by atoms with E-state index in [1.165, 1.54) is 7.11 Å². The average molecular weight is 283 g/mol. The van der Waals surface area contributed by atoms with Crippen LogP contribution >= 0.6 is 0 Å². The molecule has 0 amide bonds. The lowest BCUT2D eigenvalue weighted by atomic mass is 9.94. The van der Waals surface area contributed by atoms with Gasteiger partial charge < -0.3 is 14.8 Å². The van der Waals surface area contributed by atoms with Crippen molar-refractivity contribution in [2.45, 2.75) is 45.3 Å². The Morgan fingerprint density at radius 2 is 2.00 bits per heavy atom. The van der Waals surface area contributed by atoms with E-state index < -0.39 is 0 Å². The van der Waals surface area contributed by atoms with Gasteiger partial charge in [0.25, 0.3) is 0 Å². The molecule has 20 heavy (non-hydrogen) atoms. The lowest BCUT2D eigenvalue weighted by Crippen LogP contribution is -2.27. The van der Waals surface area contributed by atoms with Gasteiger partial charge in [0.05, 0.1) is 12.7 Å². The molecule has 0 radical (unpaired) electrons. The fourth-order valence-corrected chi connectivity index (χ4v) is 2.13. The summed E-state index contributed by atoms with van der Waals surface area (Å²) in [6.45, 7) is 7.01. The standard InChI is InChI=1S/C16H26FNO2/c1-6-18-14(9-10-16(2,3)20-5)12-7-8-15(19-4)13(17)11-12/h7-8,11,14,18H,6,9-10H2,1-5H3. The second-order valence-electron chi connectivity index (χ2n) is 5.51. The molecule has 114 valence electrons. The Bertz CT molecular complexity index is 421. The van der Waals surface area contributed by atoms with Crippen molar-refractivity contribution in [2.75, 3.05) is 20.8 Å². The summed E-state index contributed by atoms with van der Waals surface area (Å²) in [7, 11) is 3.19. The van der Waals surface area contributed by atoms with Crippen LogP contribution in [-0.4, -0.2) is 26.4 Å². The van der Waals surface area contributed by atoms with Crippen LogP contribution in [0.5, 0.6) is 5.75 Å². The first-order chi connectivity index (χ1) is 9.43. The summed E-state index contributed by atoms with van der Waals surface area (Å²) >= 11 is 0. The number of ether oxygens (including phenoxy) is 2. The maximum atomic E-state index is 13.8. The number of benzene rings is 1. The fourth-order valence-electron chi connectivity index (χ4n) is 2.13. The van der Waals surface area contributed by atoms with Gasteiger partial charge in [-0.2, -0.15) is 0 Å². The van der Waals surface area contributed by atoms with Crippen LogP contribution in [0, 0.1) is 5.82 Å². The molecule has 0 aliphatic carbocycles. The molecule has 4 heteroatoms. The van der Waals surface area contributed by atoms with E-state index in [2.05, 4.69) is 19.2 Å². The highest BCUT2D eigenvalue weighted by Gasteiger charge is 2.20. The Hall–Kier alpha value is -1.13. The Labute approximate surface area is 121 Å². The molecule has 1 N–H and O–H groups in total. The van der Waals surface area contributed by atoms with Gasteiger partial charge in [-0.1, -0.05) is 13.0 Å². The molecule has 1 aromatic rings. The number of hydrogen-bond acceptors (Lipinski definition) is 3. The van der Waals surface area contributed by atoms with Crippen LogP contribution in [0.3, 0.4) is 0 Å². The fraction of sp³-hybridized carbons (Fsp3) is 0.625. The molecule has 0 spiro atoms. The number of methoxy groups -OCH3 is 2. The van der Waals surface area contributed by atoms with E-state index in [-0.39, 0.29) is 23.2 Å². The van der Waals surface area contributed by atoms with Crippen LogP contribution in [-0.2, 0) is 4.74 Å². The summed E-state index contributed by atoms with van der Waals surface area (Å²) in [6, 6.07) is 5.26. The molecule has 1 unspecified atom stereocenters. The van der Waals surface area contributed by atoms with Gasteiger partial charge in [-0.15, -0.1) is 0 Å². The summed E-state index contributed by atoms with van der Waals surface area (Å²) in [5.74, 6) is -0.0416. The molecule has 0 saturated carbocycles. The number of nitrogens with one attached hydrogen (secondary N) is 1. The SMILES string of the molecule is CCNC(CCC(C)(C)OC)c1ccc(OC)c(F)c1. The summed E-state index contributed by atoms with van der Waals surface area (Å²) in [5, 5.41) is 3.40. The molecule has 0 heterocycles. The molecule has 0 saturated heterocycles. The number of rotatable bonds is 8. The van der Waals surface area contributed by atoms with Gasteiger partial charge in [0.2, 0.25) is 0 Å². The van der Waals surface area contributed by atoms with Crippen molar-refractivity contribution in [3.8, 4) is 5.75 Å². The zero-order valence-electron chi connectivity index (χ0n) is 13.1. The topological polar surface area (TPSA) is 30.5 Å². The predicted molar refractivity (Wildman–Crippen MR) is 79.7 cm³/mol. The van der Waals surface area contributed by atoms with E-state index in [0.717, 1.165) is 24.9 Å². The second kappa shape index (κ2) is 7.60. The second-order valence-corrected chi connectivity index (χ2v) is 5.51. The van der Waals surface area contributed by atoms with E-state index in [1.54, 1.807) is 19.2 Å². The highest BCUT2D eigenvalue weighted by Crippen LogP contribution is 2.27. The molecule has 0 fully saturated rings. The van der Waals surface area contributed by atoms with Crippen LogP contribution in [0.2, 0.25) is 0 Å². The van der Waals surface area contributed by atoms with Gasteiger partial charge in [0, 0.05) is 13.2 Å². The van der Waals surface area contributed by atoms with E-state index in [4.69, 9.17) is 9.47 Å². The Morgan fingerprint density at radius 1 is 1.30 bits per heavy atom. The highest BCUT2D eigenvalue weighted by molar-refractivity contribution is 5.31. The van der Waals surface area contributed by atoms with Gasteiger partial charge in [-0.05, 0) is 50.9 Å².